The van der Waals surface area contributed by atoms with Crippen molar-refractivity contribution in [3.63, 3.8) is 0 Å². The maximum absolute atomic E-state index is 13.6. The van der Waals surface area contributed by atoms with Crippen molar-refractivity contribution in [2.75, 3.05) is 4.90 Å². The molecule has 25 heavy (non-hydrogen) atoms. The molecule has 1 aliphatic rings. The fourth-order valence-corrected chi connectivity index (χ4v) is 3.46. The largest absolute Gasteiger partial charge is 0.329 e. The summed E-state index contributed by atoms with van der Waals surface area (Å²) in [5, 5.41) is 2.17. The summed E-state index contributed by atoms with van der Waals surface area (Å²) in [5.74, 6) is -1.25. The normalized spacial score (nSPS) is 20.1. The van der Waals surface area contributed by atoms with Crippen molar-refractivity contribution in [1.82, 2.24) is 5.32 Å². The Morgan fingerprint density at radius 1 is 1.16 bits per heavy atom. The number of nitrogens with zero attached hydrogens (tertiary/aromatic N) is 1. The minimum Gasteiger partial charge on any atom is -0.323 e. The van der Waals surface area contributed by atoms with E-state index >= 15 is 0 Å². The number of benzene rings is 2. The van der Waals surface area contributed by atoms with Crippen molar-refractivity contribution >= 4 is 56.8 Å². The van der Waals surface area contributed by atoms with Crippen LogP contribution in [0.25, 0.3) is 0 Å². The van der Waals surface area contributed by atoms with Crippen LogP contribution in [0.4, 0.5) is 14.9 Å². The van der Waals surface area contributed by atoms with Crippen molar-refractivity contribution in [3.05, 3.63) is 62.3 Å². The molecule has 0 bridgehead atoms. The lowest BCUT2D eigenvalue weighted by atomic mass is 9.93. The highest BCUT2D eigenvalue weighted by Gasteiger charge is 2.48. The molecule has 0 aromatic heterocycles. The second-order valence-corrected chi connectivity index (χ2v) is 7.66. The summed E-state index contributed by atoms with van der Waals surface area (Å²) in [4.78, 5) is 26.2. The van der Waals surface area contributed by atoms with Crippen LogP contribution >= 0.6 is 39.1 Å². The van der Waals surface area contributed by atoms with Crippen LogP contribution in [0, 0.1) is 5.82 Å². The van der Waals surface area contributed by atoms with Gasteiger partial charge in [0, 0.05) is 10.9 Å². The summed E-state index contributed by atoms with van der Waals surface area (Å²) in [6.07, 6.45) is 0.310. The zero-order valence-corrected chi connectivity index (χ0v) is 16.0. The second kappa shape index (κ2) is 6.59. The maximum atomic E-state index is 13.6. The topological polar surface area (TPSA) is 49.4 Å². The van der Waals surface area contributed by atoms with E-state index in [4.69, 9.17) is 23.2 Å². The number of hydrogen-bond donors (Lipinski definition) is 1. The van der Waals surface area contributed by atoms with Crippen molar-refractivity contribution in [1.29, 1.82) is 0 Å². The molecule has 130 valence electrons. The quantitative estimate of drug-likeness (QED) is 0.536. The molecule has 0 aliphatic carbocycles. The Balaban J connectivity index is 1.93. The first-order valence-electron chi connectivity index (χ1n) is 7.27. The Hall–Kier alpha value is -1.63. The number of anilines is 1. The third-order valence-electron chi connectivity index (χ3n) is 3.96. The first-order valence-corrected chi connectivity index (χ1v) is 8.82. The third-order valence-corrected chi connectivity index (χ3v) is 5.04. The number of urea groups is 1. The maximum Gasteiger partial charge on any atom is 0.329 e. The van der Waals surface area contributed by atoms with Gasteiger partial charge in [0.05, 0.1) is 15.7 Å². The first-order chi connectivity index (χ1) is 11.7. The molecule has 2 aromatic rings. The van der Waals surface area contributed by atoms with Gasteiger partial charge in [0.1, 0.15) is 5.54 Å². The van der Waals surface area contributed by atoms with Crippen LogP contribution in [-0.4, -0.2) is 17.5 Å². The zero-order chi connectivity index (χ0) is 18.4. The highest BCUT2D eigenvalue weighted by atomic mass is 79.9. The standard InChI is InChI=1S/C17H12BrCl2FN2O2/c1-17(8-9-2-4-10(18)5-3-9)15(24)23(16(25)22-17)11-6-12(19)14(21)13(20)7-11/h2-7H,8H2,1H3,(H,22,25). The van der Waals surface area contributed by atoms with Gasteiger partial charge in [0.15, 0.2) is 5.82 Å². The van der Waals surface area contributed by atoms with Crippen LogP contribution in [0.1, 0.15) is 12.5 Å². The lowest BCUT2D eigenvalue weighted by molar-refractivity contribution is -0.121. The Morgan fingerprint density at radius 2 is 1.72 bits per heavy atom. The van der Waals surface area contributed by atoms with E-state index in [0.717, 1.165) is 14.9 Å². The number of halogens is 4. The SMILES string of the molecule is CC1(Cc2ccc(Br)cc2)NC(=O)N(c2cc(Cl)c(F)c(Cl)c2)C1=O. The molecule has 1 atom stereocenters. The van der Waals surface area contributed by atoms with Gasteiger partial charge < -0.3 is 5.32 Å². The van der Waals surface area contributed by atoms with E-state index in [1.165, 1.54) is 12.1 Å². The molecule has 8 heteroatoms. The molecule has 1 saturated heterocycles. The second-order valence-electron chi connectivity index (χ2n) is 5.93. The molecule has 1 N–H and O–H groups in total. The van der Waals surface area contributed by atoms with E-state index < -0.39 is 23.3 Å². The van der Waals surface area contributed by atoms with Crippen LogP contribution in [-0.2, 0) is 11.2 Å². The summed E-state index contributed by atoms with van der Waals surface area (Å²) in [7, 11) is 0. The molecule has 1 unspecified atom stereocenters. The summed E-state index contributed by atoms with van der Waals surface area (Å²) in [6.45, 7) is 1.64. The van der Waals surface area contributed by atoms with E-state index in [2.05, 4.69) is 21.2 Å². The van der Waals surface area contributed by atoms with Crippen molar-refractivity contribution < 1.29 is 14.0 Å². The Kier molecular flexibility index (Phi) is 4.79. The smallest absolute Gasteiger partial charge is 0.323 e. The van der Waals surface area contributed by atoms with Gasteiger partial charge in [-0.3, -0.25) is 4.79 Å². The fourth-order valence-electron chi connectivity index (χ4n) is 2.72. The number of hydrogen-bond acceptors (Lipinski definition) is 2. The predicted octanol–water partition coefficient (Wildman–Crippen LogP) is 4.95. The Labute approximate surface area is 162 Å². The van der Waals surface area contributed by atoms with Crippen LogP contribution in [0.3, 0.4) is 0 Å². The molecule has 1 fully saturated rings. The highest BCUT2D eigenvalue weighted by molar-refractivity contribution is 9.10. The van der Waals surface area contributed by atoms with E-state index in [0.29, 0.717) is 6.42 Å². The monoisotopic (exact) mass is 444 g/mol. The summed E-state index contributed by atoms with van der Waals surface area (Å²) < 4.78 is 14.5. The van der Waals surface area contributed by atoms with Crippen molar-refractivity contribution in [2.24, 2.45) is 0 Å². The van der Waals surface area contributed by atoms with E-state index in [-0.39, 0.29) is 15.7 Å². The molecular formula is C17H12BrCl2FN2O2. The molecule has 1 aliphatic heterocycles. The fraction of sp³-hybridized carbons (Fsp3) is 0.176. The van der Waals surface area contributed by atoms with Crippen molar-refractivity contribution in [2.45, 2.75) is 18.9 Å². The highest BCUT2D eigenvalue weighted by Crippen LogP contribution is 2.33. The minimum atomic E-state index is -1.13. The van der Waals surface area contributed by atoms with Crippen LogP contribution < -0.4 is 10.2 Å². The summed E-state index contributed by atoms with van der Waals surface area (Å²) in [6, 6.07) is 9.24. The molecule has 1 heterocycles. The van der Waals surface area contributed by atoms with Crippen molar-refractivity contribution in [3.8, 4) is 0 Å². The lowest BCUT2D eigenvalue weighted by Gasteiger charge is -2.22. The molecule has 0 saturated carbocycles. The van der Waals surface area contributed by atoms with Gasteiger partial charge in [-0.15, -0.1) is 0 Å². The van der Waals surface area contributed by atoms with Crippen LogP contribution in [0.15, 0.2) is 40.9 Å². The molecule has 3 amide bonds. The number of nitrogens with one attached hydrogen (secondary N) is 1. The van der Waals surface area contributed by atoms with Gasteiger partial charge >= 0.3 is 6.03 Å². The number of amides is 3. The lowest BCUT2D eigenvalue weighted by Crippen LogP contribution is -2.46. The molecule has 2 aromatic carbocycles. The Morgan fingerprint density at radius 3 is 2.28 bits per heavy atom. The molecule has 4 nitrogen and oxygen atoms in total. The number of rotatable bonds is 3. The zero-order valence-electron chi connectivity index (χ0n) is 12.9. The molecule has 0 spiro atoms. The Bertz CT molecular complexity index is 852. The average Bonchev–Trinajstić information content (AvgIpc) is 2.76. The third kappa shape index (κ3) is 3.38. The van der Waals surface area contributed by atoms with Gasteiger partial charge in [0.2, 0.25) is 0 Å². The number of carbonyl (C=O) groups excluding carboxylic acids is 2. The van der Waals surface area contributed by atoms with Gasteiger partial charge in [-0.1, -0.05) is 51.3 Å². The summed E-state index contributed by atoms with van der Waals surface area (Å²) >= 11 is 14.9. The average molecular weight is 446 g/mol. The van der Waals surface area contributed by atoms with E-state index in [9.17, 15) is 14.0 Å². The molecule has 3 rings (SSSR count). The number of imide groups is 1. The van der Waals surface area contributed by atoms with Crippen LogP contribution in [0.2, 0.25) is 10.0 Å². The predicted molar refractivity (Wildman–Crippen MR) is 98.7 cm³/mol. The minimum absolute atomic E-state index is 0.124. The van der Waals surface area contributed by atoms with E-state index in [1.807, 2.05) is 24.3 Å². The van der Waals surface area contributed by atoms with Crippen LogP contribution in [0.5, 0.6) is 0 Å². The van der Waals surface area contributed by atoms with Gasteiger partial charge in [-0.25, -0.2) is 14.1 Å². The van der Waals surface area contributed by atoms with Gasteiger partial charge in [-0.2, -0.15) is 0 Å². The van der Waals surface area contributed by atoms with E-state index in [1.54, 1.807) is 6.92 Å². The van der Waals surface area contributed by atoms with Gasteiger partial charge in [-0.05, 0) is 36.8 Å². The molecular weight excluding hydrogens is 434 g/mol. The van der Waals surface area contributed by atoms with Gasteiger partial charge in [0.25, 0.3) is 5.91 Å². The first kappa shape index (κ1) is 18.2. The summed E-state index contributed by atoms with van der Waals surface area (Å²) in [5.41, 5.74) is -0.118. The molecule has 0 radical (unpaired) electrons. The number of carbonyl (C=O) groups is 2.